The standard InChI is InChI=1S/C27H28BrCl2N3O4S/c1-4-31-27(35)19(3)32(16-20-10-11-22(29)15-25(20)30)26(34)17-33(23-7-5-6-21(28)14-23)38(36,37)24-12-8-18(2)9-13-24/h5-15,19H,4,16-17H2,1-3H3,(H,31,35). The molecule has 202 valence electrons. The lowest BCUT2D eigenvalue weighted by molar-refractivity contribution is -0.139. The van der Waals surface area contributed by atoms with Crippen LogP contribution in [0.5, 0.6) is 0 Å². The Morgan fingerprint density at radius 3 is 2.32 bits per heavy atom. The molecule has 1 unspecified atom stereocenters. The summed E-state index contributed by atoms with van der Waals surface area (Å²) >= 11 is 15.8. The lowest BCUT2D eigenvalue weighted by Gasteiger charge is -2.32. The number of carbonyl (C=O) groups excluding carboxylic acids is 2. The molecule has 11 heteroatoms. The second-order valence-corrected chi connectivity index (χ2v) is 12.3. The van der Waals surface area contributed by atoms with Crippen molar-refractivity contribution in [3.05, 3.63) is 92.4 Å². The molecule has 0 bridgehead atoms. The highest BCUT2D eigenvalue weighted by Gasteiger charge is 2.32. The number of nitrogens with zero attached hydrogens (tertiary/aromatic N) is 2. The van der Waals surface area contributed by atoms with Crippen LogP contribution in [0, 0.1) is 6.92 Å². The smallest absolute Gasteiger partial charge is 0.264 e. The summed E-state index contributed by atoms with van der Waals surface area (Å²) < 4.78 is 29.3. The summed E-state index contributed by atoms with van der Waals surface area (Å²) in [4.78, 5) is 28.0. The van der Waals surface area contributed by atoms with Gasteiger partial charge < -0.3 is 10.2 Å². The first kappa shape index (κ1) is 30.0. The number of likely N-dealkylation sites (N-methyl/N-ethyl adjacent to an activating group) is 1. The molecule has 0 fully saturated rings. The second kappa shape index (κ2) is 13.0. The maximum absolute atomic E-state index is 13.8. The number of rotatable bonds is 10. The summed E-state index contributed by atoms with van der Waals surface area (Å²) in [6, 6.07) is 17.0. The molecule has 0 radical (unpaired) electrons. The summed E-state index contributed by atoms with van der Waals surface area (Å²) in [6.45, 7) is 5.03. The molecule has 7 nitrogen and oxygen atoms in total. The normalized spacial score (nSPS) is 12.1. The molecule has 0 heterocycles. The molecule has 38 heavy (non-hydrogen) atoms. The van der Waals surface area contributed by atoms with Gasteiger partial charge in [0.2, 0.25) is 11.8 Å². The van der Waals surface area contributed by atoms with Gasteiger partial charge in [-0.25, -0.2) is 8.42 Å². The molecule has 0 spiro atoms. The molecule has 3 aromatic rings. The van der Waals surface area contributed by atoms with Gasteiger partial charge in [-0.1, -0.05) is 69.0 Å². The first-order valence-electron chi connectivity index (χ1n) is 11.8. The Labute approximate surface area is 241 Å². The van der Waals surface area contributed by atoms with Crippen LogP contribution in [0.4, 0.5) is 5.69 Å². The molecule has 0 saturated heterocycles. The fourth-order valence-electron chi connectivity index (χ4n) is 3.74. The molecule has 3 aromatic carbocycles. The van der Waals surface area contributed by atoms with Crippen molar-refractivity contribution in [3.63, 3.8) is 0 Å². The first-order valence-corrected chi connectivity index (χ1v) is 14.8. The van der Waals surface area contributed by atoms with Gasteiger partial charge in [-0.15, -0.1) is 0 Å². The van der Waals surface area contributed by atoms with Gasteiger partial charge in [0.25, 0.3) is 10.0 Å². The van der Waals surface area contributed by atoms with Crippen molar-refractivity contribution in [2.24, 2.45) is 0 Å². The van der Waals surface area contributed by atoms with E-state index in [4.69, 9.17) is 23.2 Å². The molecule has 1 atom stereocenters. The van der Waals surface area contributed by atoms with Gasteiger partial charge in [-0.05, 0) is 68.8 Å². The summed E-state index contributed by atoms with van der Waals surface area (Å²) in [5.74, 6) is -0.952. The van der Waals surface area contributed by atoms with Gasteiger partial charge in [0.1, 0.15) is 12.6 Å². The Balaban J connectivity index is 2.05. The number of hydrogen-bond donors (Lipinski definition) is 1. The van der Waals surface area contributed by atoms with E-state index in [1.54, 1.807) is 68.4 Å². The summed E-state index contributed by atoms with van der Waals surface area (Å²) in [7, 11) is -4.14. The highest BCUT2D eigenvalue weighted by Crippen LogP contribution is 2.28. The Bertz CT molecular complexity index is 1420. The average molecular weight is 641 g/mol. The number of anilines is 1. The van der Waals surface area contributed by atoms with Gasteiger partial charge in [0, 0.05) is 27.6 Å². The Morgan fingerprint density at radius 1 is 1.03 bits per heavy atom. The van der Waals surface area contributed by atoms with Crippen LogP contribution >= 0.6 is 39.1 Å². The molecule has 0 aliphatic carbocycles. The topological polar surface area (TPSA) is 86.8 Å². The maximum atomic E-state index is 13.8. The van der Waals surface area contributed by atoms with Crippen LogP contribution < -0.4 is 9.62 Å². The number of nitrogens with one attached hydrogen (secondary N) is 1. The lowest BCUT2D eigenvalue weighted by atomic mass is 10.1. The molecule has 1 N–H and O–H groups in total. The van der Waals surface area contributed by atoms with E-state index in [1.807, 2.05) is 6.92 Å². The highest BCUT2D eigenvalue weighted by molar-refractivity contribution is 9.10. The number of hydrogen-bond acceptors (Lipinski definition) is 4. The zero-order valence-corrected chi connectivity index (χ0v) is 25.0. The highest BCUT2D eigenvalue weighted by atomic mass is 79.9. The van der Waals surface area contributed by atoms with Crippen LogP contribution in [-0.4, -0.2) is 44.3 Å². The molecular weight excluding hydrogens is 613 g/mol. The van der Waals surface area contributed by atoms with Crippen molar-refractivity contribution in [2.75, 3.05) is 17.4 Å². The quantitative estimate of drug-likeness (QED) is 0.303. The molecular formula is C27H28BrCl2N3O4S. The summed E-state index contributed by atoms with van der Waals surface area (Å²) in [6.07, 6.45) is 0. The molecule has 0 saturated carbocycles. The van der Waals surface area contributed by atoms with Crippen LogP contribution in [0.1, 0.15) is 25.0 Å². The van der Waals surface area contributed by atoms with E-state index >= 15 is 0 Å². The minimum absolute atomic E-state index is 0.0238. The predicted octanol–water partition coefficient (Wildman–Crippen LogP) is 5.81. The van der Waals surface area contributed by atoms with Crippen LogP contribution in [0.15, 0.2) is 76.1 Å². The number of halogens is 3. The molecule has 3 rings (SSSR count). The monoisotopic (exact) mass is 639 g/mol. The second-order valence-electron chi connectivity index (χ2n) is 8.63. The molecule has 0 aromatic heterocycles. The molecule has 2 amide bonds. The average Bonchev–Trinajstić information content (AvgIpc) is 2.86. The fourth-order valence-corrected chi connectivity index (χ4v) is 6.00. The van der Waals surface area contributed by atoms with Crippen LogP contribution in [0.3, 0.4) is 0 Å². The van der Waals surface area contributed by atoms with Crippen molar-refractivity contribution in [1.29, 1.82) is 0 Å². The van der Waals surface area contributed by atoms with Gasteiger partial charge in [-0.2, -0.15) is 0 Å². The SMILES string of the molecule is CCNC(=O)C(C)N(Cc1ccc(Cl)cc1Cl)C(=O)CN(c1cccc(Br)c1)S(=O)(=O)c1ccc(C)cc1. The molecule has 0 aliphatic heterocycles. The van der Waals surface area contributed by atoms with E-state index in [-0.39, 0.29) is 17.3 Å². The van der Waals surface area contributed by atoms with E-state index in [0.717, 1.165) is 9.87 Å². The third-order valence-corrected chi connectivity index (χ3v) is 8.73. The van der Waals surface area contributed by atoms with Crippen LogP contribution in [0.2, 0.25) is 10.0 Å². The van der Waals surface area contributed by atoms with Crippen molar-refractivity contribution in [1.82, 2.24) is 10.2 Å². The van der Waals surface area contributed by atoms with Gasteiger partial charge in [-0.3, -0.25) is 13.9 Å². The van der Waals surface area contributed by atoms with Crippen molar-refractivity contribution >= 4 is 66.7 Å². The first-order chi connectivity index (χ1) is 17.9. The predicted molar refractivity (Wildman–Crippen MR) is 155 cm³/mol. The lowest BCUT2D eigenvalue weighted by Crippen LogP contribution is -2.51. The maximum Gasteiger partial charge on any atom is 0.264 e. The summed E-state index contributed by atoms with van der Waals surface area (Å²) in [5.41, 5.74) is 1.76. The molecule has 0 aliphatic rings. The van der Waals surface area contributed by atoms with Crippen molar-refractivity contribution < 1.29 is 18.0 Å². The third-order valence-electron chi connectivity index (χ3n) is 5.86. The number of sulfonamides is 1. The third kappa shape index (κ3) is 7.28. The van der Waals surface area contributed by atoms with E-state index in [9.17, 15) is 18.0 Å². The number of aryl methyl sites for hydroxylation is 1. The van der Waals surface area contributed by atoms with E-state index in [0.29, 0.717) is 32.3 Å². The van der Waals surface area contributed by atoms with E-state index in [1.165, 1.54) is 17.0 Å². The summed E-state index contributed by atoms with van der Waals surface area (Å²) in [5, 5.41) is 3.48. The van der Waals surface area contributed by atoms with Gasteiger partial charge in [0.05, 0.1) is 10.6 Å². The Kier molecular flexibility index (Phi) is 10.2. The van der Waals surface area contributed by atoms with E-state index < -0.39 is 28.5 Å². The zero-order valence-electron chi connectivity index (χ0n) is 21.1. The van der Waals surface area contributed by atoms with E-state index in [2.05, 4.69) is 21.2 Å². The van der Waals surface area contributed by atoms with Crippen molar-refractivity contribution in [3.8, 4) is 0 Å². The largest absolute Gasteiger partial charge is 0.355 e. The number of amides is 2. The minimum Gasteiger partial charge on any atom is -0.355 e. The zero-order chi connectivity index (χ0) is 28.0. The van der Waals surface area contributed by atoms with Gasteiger partial charge in [0.15, 0.2) is 0 Å². The number of benzene rings is 3. The fraction of sp³-hybridized carbons (Fsp3) is 0.259. The van der Waals surface area contributed by atoms with Crippen LogP contribution in [-0.2, 0) is 26.2 Å². The Morgan fingerprint density at radius 2 is 1.71 bits per heavy atom. The number of carbonyl (C=O) groups is 2. The van der Waals surface area contributed by atoms with Gasteiger partial charge >= 0.3 is 0 Å². The van der Waals surface area contributed by atoms with Crippen molar-refractivity contribution in [2.45, 2.75) is 38.3 Å². The Hall–Kier alpha value is -2.59. The minimum atomic E-state index is -4.14. The van der Waals surface area contributed by atoms with Crippen LogP contribution in [0.25, 0.3) is 0 Å².